The van der Waals surface area contributed by atoms with Crippen LogP contribution in [0.3, 0.4) is 0 Å². The molecule has 0 spiro atoms. The average molecular weight is 265 g/mol. The van der Waals surface area contributed by atoms with Gasteiger partial charge in [0.2, 0.25) is 0 Å². The number of ether oxygens (including phenoxy) is 1. The van der Waals surface area contributed by atoms with E-state index in [-0.39, 0.29) is 5.60 Å². The lowest BCUT2D eigenvalue weighted by Gasteiger charge is -2.47. The number of hydrogen-bond donors (Lipinski definition) is 1. The highest BCUT2D eigenvalue weighted by Gasteiger charge is 2.41. The third-order valence-corrected chi connectivity index (χ3v) is 5.62. The molecule has 3 saturated carbocycles. The van der Waals surface area contributed by atoms with E-state index in [0.717, 1.165) is 12.0 Å². The van der Waals surface area contributed by atoms with Crippen molar-refractivity contribution < 1.29 is 4.74 Å². The van der Waals surface area contributed by atoms with Gasteiger partial charge in [-0.25, -0.2) is 0 Å². The van der Waals surface area contributed by atoms with E-state index in [0.29, 0.717) is 6.10 Å². The molecule has 3 fully saturated rings. The Bertz CT molecular complexity index is 283. The van der Waals surface area contributed by atoms with Crippen LogP contribution in [-0.2, 0) is 4.74 Å². The lowest BCUT2D eigenvalue weighted by Crippen LogP contribution is -2.47. The molecule has 2 unspecified atom stereocenters. The molecule has 3 aliphatic rings. The predicted molar refractivity (Wildman–Crippen MR) is 79.3 cm³/mol. The van der Waals surface area contributed by atoms with Crippen LogP contribution in [0.2, 0.25) is 0 Å². The van der Waals surface area contributed by atoms with Crippen molar-refractivity contribution in [3.05, 3.63) is 0 Å². The van der Waals surface area contributed by atoms with Gasteiger partial charge >= 0.3 is 0 Å². The molecule has 2 heteroatoms. The molecule has 0 aromatic rings. The molecule has 0 saturated heterocycles. The Kier molecular flexibility index (Phi) is 4.48. The quantitative estimate of drug-likeness (QED) is 0.750. The van der Waals surface area contributed by atoms with Crippen molar-refractivity contribution in [3.8, 4) is 0 Å². The zero-order valence-electron chi connectivity index (χ0n) is 12.6. The average Bonchev–Trinajstić information content (AvgIpc) is 3.20. The van der Waals surface area contributed by atoms with Gasteiger partial charge in [-0.05, 0) is 63.8 Å². The van der Waals surface area contributed by atoms with Crippen LogP contribution < -0.4 is 5.32 Å². The van der Waals surface area contributed by atoms with Gasteiger partial charge in [-0.1, -0.05) is 26.2 Å². The maximum atomic E-state index is 6.68. The Balaban J connectivity index is 1.49. The van der Waals surface area contributed by atoms with Gasteiger partial charge in [0.05, 0.1) is 11.7 Å². The topological polar surface area (TPSA) is 21.3 Å². The predicted octanol–water partition coefficient (Wildman–Crippen LogP) is 4.04. The van der Waals surface area contributed by atoms with Crippen molar-refractivity contribution in [2.45, 2.75) is 95.3 Å². The van der Waals surface area contributed by atoms with Gasteiger partial charge in [-0.15, -0.1) is 0 Å². The molecule has 110 valence electrons. The van der Waals surface area contributed by atoms with E-state index >= 15 is 0 Å². The van der Waals surface area contributed by atoms with Crippen molar-refractivity contribution in [1.29, 1.82) is 0 Å². The molecule has 0 amide bonds. The molecule has 0 aliphatic heterocycles. The fourth-order valence-electron chi connectivity index (χ4n) is 3.91. The Morgan fingerprint density at radius 2 is 1.84 bits per heavy atom. The van der Waals surface area contributed by atoms with Crippen molar-refractivity contribution in [3.63, 3.8) is 0 Å². The van der Waals surface area contributed by atoms with Crippen molar-refractivity contribution in [1.82, 2.24) is 5.32 Å². The van der Waals surface area contributed by atoms with Gasteiger partial charge in [0.25, 0.3) is 0 Å². The van der Waals surface area contributed by atoms with Crippen LogP contribution in [0.5, 0.6) is 0 Å². The summed E-state index contributed by atoms with van der Waals surface area (Å²) in [5.41, 5.74) is 0.261. The second-order valence-corrected chi connectivity index (χ2v) is 7.12. The Morgan fingerprint density at radius 1 is 1.05 bits per heavy atom. The van der Waals surface area contributed by atoms with E-state index in [9.17, 15) is 0 Å². The third-order valence-electron chi connectivity index (χ3n) is 5.62. The molecule has 1 N–H and O–H groups in total. The van der Waals surface area contributed by atoms with E-state index in [4.69, 9.17) is 4.74 Å². The van der Waals surface area contributed by atoms with E-state index in [1.54, 1.807) is 0 Å². The first kappa shape index (κ1) is 13.9. The molecule has 0 aromatic heterocycles. The van der Waals surface area contributed by atoms with Crippen LogP contribution in [0.25, 0.3) is 0 Å². The summed E-state index contributed by atoms with van der Waals surface area (Å²) in [6.07, 6.45) is 15.5. The maximum Gasteiger partial charge on any atom is 0.0698 e. The maximum absolute atomic E-state index is 6.68. The Hall–Kier alpha value is -0.0800. The van der Waals surface area contributed by atoms with E-state index in [1.165, 1.54) is 77.2 Å². The lowest BCUT2D eigenvalue weighted by molar-refractivity contribution is -0.167. The molecule has 2 nitrogen and oxygen atoms in total. The number of nitrogens with one attached hydrogen (secondary N) is 1. The zero-order valence-corrected chi connectivity index (χ0v) is 12.6. The van der Waals surface area contributed by atoms with Gasteiger partial charge < -0.3 is 10.1 Å². The van der Waals surface area contributed by atoms with Crippen LogP contribution in [0.15, 0.2) is 0 Å². The number of rotatable bonds is 7. The molecule has 0 heterocycles. The smallest absolute Gasteiger partial charge is 0.0698 e. The van der Waals surface area contributed by atoms with Crippen LogP contribution in [0.1, 0.15) is 77.6 Å². The first-order valence-electron chi connectivity index (χ1n) is 8.72. The van der Waals surface area contributed by atoms with Gasteiger partial charge in [-0.2, -0.15) is 0 Å². The fraction of sp³-hybridized carbons (Fsp3) is 1.00. The van der Waals surface area contributed by atoms with E-state index < -0.39 is 0 Å². The van der Waals surface area contributed by atoms with Crippen molar-refractivity contribution in [2.24, 2.45) is 5.92 Å². The summed E-state index contributed by atoms with van der Waals surface area (Å²) >= 11 is 0. The molecule has 19 heavy (non-hydrogen) atoms. The minimum absolute atomic E-state index is 0.261. The van der Waals surface area contributed by atoms with Crippen molar-refractivity contribution >= 4 is 0 Å². The number of hydrogen-bond acceptors (Lipinski definition) is 2. The summed E-state index contributed by atoms with van der Waals surface area (Å²) < 4.78 is 6.68. The molecular formula is C17H31NO. The van der Waals surface area contributed by atoms with Crippen molar-refractivity contribution in [2.75, 3.05) is 6.54 Å². The van der Waals surface area contributed by atoms with E-state index in [2.05, 4.69) is 12.2 Å². The summed E-state index contributed by atoms with van der Waals surface area (Å²) in [6.45, 7) is 3.52. The van der Waals surface area contributed by atoms with E-state index in [1.807, 2.05) is 0 Å². The first-order valence-corrected chi connectivity index (χ1v) is 8.72. The van der Waals surface area contributed by atoms with Gasteiger partial charge in [-0.3, -0.25) is 0 Å². The Morgan fingerprint density at radius 3 is 2.47 bits per heavy atom. The third kappa shape index (κ3) is 3.52. The highest BCUT2D eigenvalue weighted by Crippen LogP contribution is 2.43. The summed E-state index contributed by atoms with van der Waals surface area (Å²) in [7, 11) is 0. The van der Waals surface area contributed by atoms with Crippen LogP contribution in [0, 0.1) is 5.92 Å². The molecule has 0 aromatic carbocycles. The zero-order chi connectivity index (χ0) is 13.1. The van der Waals surface area contributed by atoms with Crippen LogP contribution in [-0.4, -0.2) is 24.3 Å². The molecule has 2 atom stereocenters. The first-order chi connectivity index (χ1) is 9.31. The van der Waals surface area contributed by atoms with Gasteiger partial charge in [0.15, 0.2) is 0 Å². The second kappa shape index (κ2) is 6.13. The van der Waals surface area contributed by atoms with Crippen LogP contribution in [0.4, 0.5) is 0 Å². The monoisotopic (exact) mass is 265 g/mol. The molecule has 3 aliphatic carbocycles. The normalized spacial score (nSPS) is 33.9. The van der Waals surface area contributed by atoms with Crippen LogP contribution >= 0.6 is 0 Å². The minimum Gasteiger partial charge on any atom is -0.371 e. The summed E-state index contributed by atoms with van der Waals surface area (Å²) in [4.78, 5) is 0. The molecule has 3 rings (SSSR count). The minimum atomic E-state index is 0.261. The SMILES string of the molecule is CCC1CCCCC1OC1(CCNC2CC2)CCC1. The summed E-state index contributed by atoms with van der Waals surface area (Å²) in [5, 5.41) is 3.66. The largest absolute Gasteiger partial charge is 0.371 e. The summed E-state index contributed by atoms with van der Waals surface area (Å²) in [5.74, 6) is 0.836. The highest BCUT2D eigenvalue weighted by atomic mass is 16.5. The Labute approximate surface area is 118 Å². The molecule has 0 radical (unpaired) electrons. The second-order valence-electron chi connectivity index (χ2n) is 7.12. The molecule has 0 bridgehead atoms. The highest BCUT2D eigenvalue weighted by molar-refractivity contribution is 4.93. The lowest BCUT2D eigenvalue weighted by atomic mass is 9.76. The van der Waals surface area contributed by atoms with Gasteiger partial charge in [0.1, 0.15) is 0 Å². The molecular weight excluding hydrogens is 234 g/mol. The standard InChI is InChI=1S/C17H31NO/c1-2-14-6-3-4-7-16(14)19-17(10-5-11-17)12-13-18-15-8-9-15/h14-16,18H,2-13H2,1H3. The summed E-state index contributed by atoms with van der Waals surface area (Å²) in [6, 6.07) is 0.843. The fourth-order valence-corrected chi connectivity index (χ4v) is 3.91. The van der Waals surface area contributed by atoms with Gasteiger partial charge in [0, 0.05) is 6.04 Å².